The lowest BCUT2D eigenvalue weighted by molar-refractivity contribution is -0.139. The van der Waals surface area contributed by atoms with Crippen LogP contribution in [0.3, 0.4) is 0 Å². The zero-order valence-corrected chi connectivity index (χ0v) is 12.9. The first-order valence-electron chi connectivity index (χ1n) is 7.26. The van der Waals surface area contributed by atoms with Gasteiger partial charge in [0.2, 0.25) is 0 Å². The molecule has 0 bridgehead atoms. The lowest BCUT2D eigenvalue weighted by Crippen LogP contribution is -2.09. The van der Waals surface area contributed by atoms with Crippen LogP contribution in [0.25, 0.3) is 0 Å². The predicted octanol–water partition coefficient (Wildman–Crippen LogP) is 1.77. The van der Waals surface area contributed by atoms with E-state index in [1.165, 1.54) is 7.11 Å². The quantitative estimate of drug-likeness (QED) is 0.692. The number of carbonyl (C=O) groups is 1. The molecule has 0 unspecified atom stereocenters. The molecule has 1 aromatic carbocycles. The number of hydrogen-bond acceptors (Lipinski definition) is 6. The van der Waals surface area contributed by atoms with Crippen molar-refractivity contribution in [3.05, 3.63) is 35.7 Å². The van der Waals surface area contributed by atoms with Gasteiger partial charge in [0.25, 0.3) is 0 Å². The van der Waals surface area contributed by atoms with E-state index in [2.05, 4.69) is 27.2 Å². The normalized spacial score (nSPS) is 10.5. The Balaban J connectivity index is 1.89. The molecule has 0 saturated heterocycles. The highest BCUT2D eigenvalue weighted by molar-refractivity contribution is 5.72. The number of rotatable bonds is 8. The van der Waals surface area contributed by atoms with Crippen molar-refractivity contribution in [1.82, 2.24) is 20.2 Å². The van der Waals surface area contributed by atoms with Gasteiger partial charge >= 0.3 is 5.97 Å². The molecule has 0 aliphatic carbocycles. The second-order valence-electron chi connectivity index (χ2n) is 4.86. The van der Waals surface area contributed by atoms with Crippen molar-refractivity contribution >= 4 is 5.97 Å². The molecular formula is C15H20N4O3. The van der Waals surface area contributed by atoms with Crippen LogP contribution in [0, 0.1) is 0 Å². The van der Waals surface area contributed by atoms with Crippen molar-refractivity contribution in [2.45, 2.75) is 39.3 Å². The molecule has 0 N–H and O–H groups in total. The number of aryl methyl sites for hydroxylation is 1. The third-order valence-electron chi connectivity index (χ3n) is 3.20. The van der Waals surface area contributed by atoms with E-state index in [4.69, 9.17) is 4.74 Å². The summed E-state index contributed by atoms with van der Waals surface area (Å²) in [6.07, 6.45) is 2.37. The average molecular weight is 304 g/mol. The molecule has 2 aromatic rings. The van der Waals surface area contributed by atoms with Gasteiger partial charge in [-0.15, -0.1) is 5.10 Å². The Hall–Kier alpha value is -2.44. The Morgan fingerprint density at radius 3 is 2.73 bits per heavy atom. The number of benzene rings is 1. The van der Waals surface area contributed by atoms with E-state index in [9.17, 15) is 4.79 Å². The summed E-state index contributed by atoms with van der Waals surface area (Å²) >= 11 is 0. The molecule has 7 nitrogen and oxygen atoms in total. The second-order valence-corrected chi connectivity index (χ2v) is 4.86. The molecule has 0 atom stereocenters. The van der Waals surface area contributed by atoms with E-state index < -0.39 is 0 Å². The van der Waals surface area contributed by atoms with Crippen molar-refractivity contribution in [2.24, 2.45) is 0 Å². The van der Waals surface area contributed by atoms with Gasteiger partial charge in [-0.2, -0.15) is 0 Å². The summed E-state index contributed by atoms with van der Waals surface area (Å²) in [7, 11) is 1.38. The molecule has 0 fully saturated rings. The van der Waals surface area contributed by atoms with E-state index in [1.807, 2.05) is 24.3 Å². The Kier molecular flexibility index (Phi) is 5.88. The fraction of sp³-hybridized carbons (Fsp3) is 0.467. The van der Waals surface area contributed by atoms with Gasteiger partial charge in [-0.25, -0.2) is 4.68 Å². The monoisotopic (exact) mass is 304 g/mol. The minimum atomic E-state index is -0.260. The summed E-state index contributed by atoms with van der Waals surface area (Å²) in [4.78, 5) is 11.2. The molecule has 0 spiro atoms. The largest absolute Gasteiger partial charge is 0.486 e. The maximum Gasteiger partial charge on any atom is 0.309 e. The van der Waals surface area contributed by atoms with E-state index in [0.29, 0.717) is 18.2 Å². The first kappa shape index (κ1) is 15.9. The molecule has 0 radical (unpaired) electrons. The summed E-state index contributed by atoms with van der Waals surface area (Å²) in [5.41, 5.74) is 0.881. The minimum Gasteiger partial charge on any atom is -0.486 e. The highest BCUT2D eigenvalue weighted by Crippen LogP contribution is 2.14. The zero-order chi connectivity index (χ0) is 15.8. The number of hydrogen-bond donors (Lipinski definition) is 0. The molecule has 22 heavy (non-hydrogen) atoms. The smallest absolute Gasteiger partial charge is 0.309 e. The molecule has 7 heteroatoms. The van der Waals surface area contributed by atoms with Gasteiger partial charge in [0.15, 0.2) is 5.82 Å². The van der Waals surface area contributed by atoms with Crippen molar-refractivity contribution < 1.29 is 14.3 Å². The lowest BCUT2D eigenvalue weighted by atomic mass is 10.1. The Bertz CT molecular complexity index is 595. The van der Waals surface area contributed by atoms with Gasteiger partial charge in [0, 0.05) is 6.54 Å². The first-order valence-corrected chi connectivity index (χ1v) is 7.26. The number of tetrazole rings is 1. The van der Waals surface area contributed by atoms with Crippen molar-refractivity contribution in [2.75, 3.05) is 7.11 Å². The number of aromatic nitrogens is 4. The molecule has 0 saturated carbocycles. The van der Waals surface area contributed by atoms with Crippen molar-refractivity contribution in [3.8, 4) is 5.75 Å². The topological polar surface area (TPSA) is 79.1 Å². The zero-order valence-electron chi connectivity index (χ0n) is 12.9. The molecule has 0 aliphatic heterocycles. The summed E-state index contributed by atoms with van der Waals surface area (Å²) in [5, 5.41) is 11.6. The van der Waals surface area contributed by atoms with Gasteiger partial charge in [0.1, 0.15) is 12.4 Å². The molecule has 118 valence electrons. The highest BCUT2D eigenvalue weighted by atomic mass is 16.5. The summed E-state index contributed by atoms with van der Waals surface area (Å²) in [6, 6.07) is 7.32. The van der Waals surface area contributed by atoms with Crippen LogP contribution in [0.4, 0.5) is 0 Å². The number of ether oxygens (including phenoxy) is 2. The summed E-state index contributed by atoms with van der Waals surface area (Å²) in [6.45, 7) is 3.23. The van der Waals surface area contributed by atoms with Crippen LogP contribution >= 0.6 is 0 Å². The third-order valence-corrected chi connectivity index (χ3v) is 3.20. The number of esters is 1. The highest BCUT2D eigenvalue weighted by Gasteiger charge is 2.07. The van der Waals surface area contributed by atoms with Gasteiger partial charge < -0.3 is 9.47 Å². The van der Waals surface area contributed by atoms with Crippen LogP contribution in [-0.4, -0.2) is 33.3 Å². The van der Waals surface area contributed by atoms with Crippen molar-refractivity contribution in [1.29, 1.82) is 0 Å². The van der Waals surface area contributed by atoms with Crippen LogP contribution in [0.1, 0.15) is 31.2 Å². The molecule has 1 aromatic heterocycles. The van der Waals surface area contributed by atoms with E-state index in [1.54, 1.807) is 4.68 Å². The number of unbranched alkanes of at least 4 members (excludes halogenated alkanes) is 1. The van der Waals surface area contributed by atoms with E-state index >= 15 is 0 Å². The number of carbonyl (C=O) groups excluding carboxylic acids is 1. The fourth-order valence-electron chi connectivity index (χ4n) is 1.90. The van der Waals surface area contributed by atoms with E-state index in [0.717, 1.165) is 24.9 Å². The van der Waals surface area contributed by atoms with E-state index in [-0.39, 0.29) is 12.4 Å². The Morgan fingerprint density at radius 2 is 2.05 bits per heavy atom. The second kappa shape index (κ2) is 8.11. The number of nitrogens with zero attached hydrogens (tertiary/aromatic N) is 4. The third kappa shape index (κ3) is 4.54. The van der Waals surface area contributed by atoms with Gasteiger partial charge in [-0.05, 0) is 34.5 Å². The van der Waals surface area contributed by atoms with Crippen LogP contribution in [0.5, 0.6) is 5.75 Å². The molecule has 2 rings (SSSR count). The van der Waals surface area contributed by atoms with Crippen LogP contribution in [-0.2, 0) is 29.1 Å². The molecule has 1 heterocycles. The lowest BCUT2D eigenvalue weighted by Gasteiger charge is -2.07. The van der Waals surface area contributed by atoms with Crippen molar-refractivity contribution in [3.63, 3.8) is 0 Å². The molecular weight excluding hydrogens is 284 g/mol. The fourth-order valence-corrected chi connectivity index (χ4v) is 1.90. The molecule has 0 aliphatic rings. The maximum absolute atomic E-state index is 11.2. The van der Waals surface area contributed by atoms with Gasteiger partial charge in [-0.3, -0.25) is 4.79 Å². The SMILES string of the molecule is CCCCn1nnnc1COc1ccc(CC(=O)OC)cc1. The molecule has 0 amide bonds. The maximum atomic E-state index is 11.2. The van der Waals surface area contributed by atoms with Gasteiger partial charge in [-0.1, -0.05) is 25.5 Å². The summed E-state index contributed by atoms with van der Waals surface area (Å²) in [5.74, 6) is 1.15. The average Bonchev–Trinajstić information content (AvgIpc) is 2.99. The van der Waals surface area contributed by atoms with Crippen LogP contribution in [0.15, 0.2) is 24.3 Å². The Labute approximate surface area is 129 Å². The predicted molar refractivity (Wildman–Crippen MR) is 79.2 cm³/mol. The minimum absolute atomic E-state index is 0.256. The van der Waals surface area contributed by atoms with Gasteiger partial charge in [0.05, 0.1) is 13.5 Å². The number of methoxy groups -OCH3 is 1. The van der Waals surface area contributed by atoms with Crippen LogP contribution < -0.4 is 4.74 Å². The Morgan fingerprint density at radius 1 is 1.27 bits per heavy atom. The first-order chi connectivity index (χ1) is 10.7. The summed E-state index contributed by atoms with van der Waals surface area (Å²) < 4.78 is 12.1. The van der Waals surface area contributed by atoms with Crippen LogP contribution in [0.2, 0.25) is 0 Å². The standard InChI is InChI=1S/C15H20N4O3/c1-3-4-9-19-14(16-17-18-19)11-22-13-7-5-12(6-8-13)10-15(20)21-2/h5-8H,3-4,9-11H2,1-2H3.